The summed E-state index contributed by atoms with van der Waals surface area (Å²) in [6, 6.07) is 13.5. The summed E-state index contributed by atoms with van der Waals surface area (Å²) in [6.07, 6.45) is 3.52. The fourth-order valence-corrected chi connectivity index (χ4v) is 4.49. The van der Waals surface area contributed by atoms with E-state index in [1.165, 1.54) is 22.9 Å². The fourth-order valence-electron chi connectivity index (χ4n) is 3.80. The van der Waals surface area contributed by atoms with Crippen LogP contribution in [-0.4, -0.2) is 38.9 Å². The van der Waals surface area contributed by atoms with Crippen LogP contribution < -0.4 is 10.2 Å². The molecule has 1 aliphatic rings. The zero-order valence-corrected chi connectivity index (χ0v) is 19.4. The SMILES string of the molecule is CC(C)c1ccc2c(c1)CCCN2C(=O)c1cccc(NC(=O)CSc2nncn2C)c1. The Morgan fingerprint density at radius 2 is 2.03 bits per heavy atom. The third-order valence-electron chi connectivity index (χ3n) is 5.53. The van der Waals surface area contributed by atoms with Crippen LogP contribution in [0.25, 0.3) is 0 Å². The van der Waals surface area contributed by atoms with Crippen molar-refractivity contribution < 1.29 is 9.59 Å². The lowest BCUT2D eigenvalue weighted by Gasteiger charge is -2.30. The molecule has 1 aliphatic heterocycles. The molecule has 0 bridgehead atoms. The first-order chi connectivity index (χ1) is 15.4. The van der Waals surface area contributed by atoms with E-state index in [1.807, 2.05) is 11.9 Å². The molecule has 2 aromatic carbocycles. The summed E-state index contributed by atoms with van der Waals surface area (Å²) < 4.78 is 1.76. The number of carbonyl (C=O) groups excluding carboxylic acids is 2. The van der Waals surface area contributed by atoms with Crippen LogP contribution in [-0.2, 0) is 18.3 Å². The molecule has 8 heteroatoms. The zero-order chi connectivity index (χ0) is 22.7. The molecule has 2 amide bonds. The van der Waals surface area contributed by atoms with E-state index in [9.17, 15) is 9.59 Å². The van der Waals surface area contributed by atoms with Gasteiger partial charge in [-0.25, -0.2) is 0 Å². The average molecular weight is 450 g/mol. The Balaban J connectivity index is 1.46. The minimum Gasteiger partial charge on any atom is -0.325 e. The van der Waals surface area contributed by atoms with E-state index in [2.05, 4.69) is 47.6 Å². The number of nitrogens with zero attached hydrogens (tertiary/aromatic N) is 4. The fraction of sp³-hybridized carbons (Fsp3) is 0.333. The molecule has 32 heavy (non-hydrogen) atoms. The Labute approximate surface area is 192 Å². The highest BCUT2D eigenvalue weighted by atomic mass is 32.2. The van der Waals surface area contributed by atoms with Gasteiger partial charge in [-0.3, -0.25) is 9.59 Å². The number of benzene rings is 2. The van der Waals surface area contributed by atoms with E-state index in [0.29, 0.717) is 28.9 Å². The predicted octanol–water partition coefficient (Wildman–Crippen LogP) is 4.26. The summed E-state index contributed by atoms with van der Waals surface area (Å²) in [5.74, 6) is 0.459. The summed E-state index contributed by atoms with van der Waals surface area (Å²) in [5, 5.41) is 11.3. The molecule has 0 radical (unpaired) electrons. The van der Waals surface area contributed by atoms with Gasteiger partial charge in [-0.05, 0) is 54.2 Å². The second-order valence-corrected chi connectivity index (χ2v) is 9.19. The molecule has 1 N–H and O–H groups in total. The van der Waals surface area contributed by atoms with Gasteiger partial charge in [0.25, 0.3) is 5.91 Å². The molecule has 0 saturated carbocycles. The van der Waals surface area contributed by atoms with Crippen LogP contribution in [0, 0.1) is 0 Å². The second-order valence-electron chi connectivity index (χ2n) is 8.25. The topological polar surface area (TPSA) is 80.1 Å². The van der Waals surface area contributed by atoms with Gasteiger partial charge in [0.1, 0.15) is 6.33 Å². The minimum absolute atomic E-state index is 0.0483. The summed E-state index contributed by atoms with van der Waals surface area (Å²) in [6.45, 7) is 5.05. The Hall–Kier alpha value is -3.13. The first-order valence-electron chi connectivity index (χ1n) is 10.7. The van der Waals surface area contributed by atoms with Gasteiger partial charge >= 0.3 is 0 Å². The van der Waals surface area contributed by atoms with Crippen LogP contribution in [0.5, 0.6) is 0 Å². The van der Waals surface area contributed by atoms with Crippen molar-refractivity contribution in [2.24, 2.45) is 7.05 Å². The smallest absolute Gasteiger partial charge is 0.258 e. The van der Waals surface area contributed by atoms with Crippen molar-refractivity contribution in [1.29, 1.82) is 0 Å². The van der Waals surface area contributed by atoms with Crippen LogP contribution in [0.2, 0.25) is 0 Å². The van der Waals surface area contributed by atoms with Crippen molar-refractivity contribution in [2.75, 3.05) is 22.5 Å². The number of fused-ring (bicyclic) bond motifs is 1. The maximum Gasteiger partial charge on any atom is 0.258 e. The molecule has 0 saturated heterocycles. The monoisotopic (exact) mass is 449 g/mol. The Morgan fingerprint density at radius 3 is 2.78 bits per heavy atom. The summed E-state index contributed by atoms with van der Waals surface area (Å²) in [5.41, 5.74) is 4.67. The first kappa shape index (κ1) is 22.1. The van der Waals surface area contributed by atoms with Crippen LogP contribution in [0.1, 0.15) is 47.7 Å². The largest absolute Gasteiger partial charge is 0.325 e. The number of amides is 2. The normalized spacial score (nSPS) is 13.2. The van der Waals surface area contributed by atoms with E-state index < -0.39 is 0 Å². The summed E-state index contributed by atoms with van der Waals surface area (Å²) in [7, 11) is 1.83. The molecule has 1 aromatic heterocycles. The van der Waals surface area contributed by atoms with Crippen LogP contribution in [0.4, 0.5) is 11.4 Å². The van der Waals surface area contributed by atoms with Crippen molar-refractivity contribution in [3.63, 3.8) is 0 Å². The Bertz CT molecular complexity index is 1140. The number of anilines is 2. The predicted molar refractivity (Wildman–Crippen MR) is 127 cm³/mol. The zero-order valence-electron chi connectivity index (χ0n) is 18.5. The molecule has 0 unspecified atom stereocenters. The second kappa shape index (κ2) is 9.56. The molecule has 166 valence electrons. The molecule has 0 fully saturated rings. The average Bonchev–Trinajstić information content (AvgIpc) is 3.21. The van der Waals surface area contributed by atoms with Gasteiger partial charge in [0.2, 0.25) is 5.91 Å². The van der Waals surface area contributed by atoms with Gasteiger partial charge in [0.05, 0.1) is 5.75 Å². The Kier molecular flexibility index (Phi) is 6.60. The van der Waals surface area contributed by atoms with Gasteiger partial charge < -0.3 is 14.8 Å². The van der Waals surface area contributed by atoms with Gasteiger partial charge in [0, 0.05) is 30.5 Å². The maximum absolute atomic E-state index is 13.3. The third kappa shape index (κ3) is 4.85. The molecule has 7 nitrogen and oxygen atoms in total. The summed E-state index contributed by atoms with van der Waals surface area (Å²) in [4.78, 5) is 27.6. The van der Waals surface area contributed by atoms with Gasteiger partial charge in [-0.2, -0.15) is 0 Å². The summed E-state index contributed by atoms with van der Waals surface area (Å²) >= 11 is 1.31. The van der Waals surface area contributed by atoms with Crippen LogP contribution in [0.15, 0.2) is 53.9 Å². The number of nitrogens with one attached hydrogen (secondary N) is 1. The molecule has 4 rings (SSSR count). The molecule has 0 aliphatic carbocycles. The molecule has 0 spiro atoms. The first-order valence-corrected chi connectivity index (χ1v) is 11.7. The third-order valence-corrected chi connectivity index (χ3v) is 6.56. The van der Waals surface area contributed by atoms with E-state index >= 15 is 0 Å². The van der Waals surface area contributed by atoms with Crippen LogP contribution >= 0.6 is 11.8 Å². The number of aryl methyl sites for hydroxylation is 2. The highest BCUT2D eigenvalue weighted by Gasteiger charge is 2.24. The van der Waals surface area contributed by atoms with Crippen molar-refractivity contribution in [2.45, 2.75) is 37.8 Å². The van der Waals surface area contributed by atoms with Crippen LogP contribution in [0.3, 0.4) is 0 Å². The molecule has 0 atom stereocenters. The lowest BCUT2D eigenvalue weighted by molar-refractivity contribution is -0.113. The van der Waals surface area contributed by atoms with Gasteiger partial charge in [-0.15, -0.1) is 10.2 Å². The standard InChI is InChI=1S/C24H27N5O2S/c1-16(2)17-9-10-21-18(12-17)7-5-11-29(21)23(31)19-6-4-8-20(13-19)26-22(30)14-32-24-27-25-15-28(24)3/h4,6,8-10,12-13,15-16H,5,7,11,14H2,1-3H3,(H,26,30). The van der Waals surface area contributed by atoms with Crippen molar-refractivity contribution in [3.8, 4) is 0 Å². The quantitative estimate of drug-likeness (QED) is 0.569. The molecule has 2 heterocycles. The van der Waals surface area contributed by atoms with Crippen molar-refractivity contribution in [3.05, 3.63) is 65.5 Å². The molecular weight excluding hydrogens is 422 g/mol. The number of rotatable bonds is 6. The highest BCUT2D eigenvalue weighted by Crippen LogP contribution is 2.31. The molecular formula is C24H27N5O2S. The molecule has 3 aromatic rings. The number of hydrogen-bond donors (Lipinski definition) is 1. The Morgan fingerprint density at radius 1 is 1.19 bits per heavy atom. The minimum atomic E-state index is -0.160. The number of aromatic nitrogens is 3. The number of thioether (sulfide) groups is 1. The van der Waals surface area contributed by atoms with Gasteiger partial charge in [0.15, 0.2) is 5.16 Å². The van der Waals surface area contributed by atoms with Crippen molar-refractivity contribution >= 4 is 35.0 Å². The maximum atomic E-state index is 13.3. The van der Waals surface area contributed by atoms with E-state index in [4.69, 9.17) is 0 Å². The van der Waals surface area contributed by atoms with Crippen molar-refractivity contribution in [1.82, 2.24) is 14.8 Å². The van der Waals surface area contributed by atoms with Gasteiger partial charge in [-0.1, -0.05) is 43.8 Å². The lowest BCUT2D eigenvalue weighted by Crippen LogP contribution is -2.35. The number of carbonyl (C=O) groups is 2. The van der Waals surface area contributed by atoms with E-state index in [-0.39, 0.29) is 17.6 Å². The highest BCUT2D eigenvalue weighted by molar-refractivity contribution is 7.99. The lowest BCUT2D eigenvalue weighted by atomic mass is 9.94. The van der Waals surface area contributed by atoms with E-state index in [0.717, 1.165) is 18.5 Å². The van der Waals surface area contributed by atoms with E-state index in [1.54, 1.807) is 35.2 Å². The number of hydrogen-bond acceptors (Lipinski definition) is 5.